The molecule has 0 spiro atoms. The maximum absolute atomic E-state index is 5.46. The fourth-order valence-corrected chi connectivity index (χ4v) is 2.07. The number of ether oxygens (including phenoxy) is 1. The van der Waals surface area contributed by atoms with Crippen molar-refractivity contribution >= 4 is 5.69 Å². The molecule has 1 atom stereocenters. The van der Waals surface area contributed by atoms with Crippen LogP contribution in [0.5, 0.6) is 5.75 Å². The van der Waals surface area contributed by atoms with Crippen LogP contribution in [-0.2, 0) is 0 Å². The molecule has 1 unspecified atom stereocenters. The number of benzene rings is 2. The van der Waals surface area contributed by atoms with Gasteiger partial charge < -0.3 is 10.1 Å². The Hall–Kier alpha value is -1.96. The first-order valence-electron chi connectivity index (χ1n) is 6.75. The van der Waals surface area contributed by atoms with Crippen molar-refractivity contribution in [1.82, 2.24) is 0 Å². The van der Waals surface area contributed by atoms with Crippen molar-refractivity contribution in [3.8, 4) is 5.75 Å². The summed E-state index contributed by atoms with van der Waals surface area (Å²) in [5.41, 5.74) is 3.70. The highest BCUT2D eigenvalue weighted by Crippen LogP contribution is 2.23. The van der Waals surface area contributed by atoms with Gasteiger partial charge in [-0.25, -0.2) is 0 Å². The van der Waals surface area contributed by atoms with Crippen LogP contribution in [0.15, 0.2) is 48.5 Å². The second-order valence-electron chi connectivity index (χ2n) is 4.68. The quantitative estimate of drug-likeness (QED) is 0.845. The molecule has 0 saturated heterocycles. The number of anilines is 1. The SMILES string of the molecule is CCOc1ccc(C(C)Nc2ccccc2C)cc1. The van der Waals surface area contributed by atoms with Crippen LogP contribution in [0.3, 0.4) is 0 Å². The molecule has 2 aromatic rings. The maximum atomic E-state index is 5.46. The van der Waals surface area contributed by atoms with Gasteiger partial charge in [0, 0.05) is 11.7 Å². The van der Waals surface area contributed by atoms with Crippen molar-refractivity contribution in [2.45, 2.75) is 26.8 Å². The Morgan fingerprint density at radius 1 is 1.05 bits per heavy atom. The number of nitrogens with one attached hydrogen (secondary N) is 1. The number of hydrogen-bond acceptors (Lipinski definition) is 2. The Bertz CT molecular complexity index is 519. The minimum atomic E-state index is 0.275. The summed E-state index contributed by atoms with van der Waals surface area (Å²) in [6, 6.07) is 16.9. The number of hydrogen-bond donors (Lipinski definition) is 1. The van der Waals surface area contributed by atoms with E-state index in [2.05, 4.69) is 55.6 Å². The third kappa shape index (κ3) is 3.50. The highest BCUT2D eigenvalue weighted by Gasteiger charge is 2.06. The van der Waals surface area contributed by atoms with Crippen LogP contribution < -0.4 is 10.1 Å². The third-order valence-electron chi connectivity index (χ3n) is 3.21. The van der Waals surface area contributed by atoms with Crippen LogP contribution in [0.25, 0.3) is 0 Å². The van der Waals surface area contributed by atoms with E-state index in [4.69, 9.17) is 4.74 Å². The lowest BCUT2D eigenvalue weighted by Crippen LogP contribution is -2.07. The van der Waals surface area contributed by atoms with E-state index in [0.717, 1.165) is 5.75 Å². The second-order valence-corrected chi connectivity index (χ2v) is 4.68. The summed E-state index contributed by atoms with van der Waals surface area (Å²) < 4.78 is 5.46. The smallest absolute Gasteiger partial charge is 0.119 e. The zero-order chi connectivity index (χ0) is 13.7. The van der Waals surface area contributed by atoms with Crippen molar-refractivity contribution in [1.29, 1.82) is 0 Å². The van der Waals surface area contributed by atoms with Crippen LogP contribution >= 0.6 is 0 Å². The van der Waals surface area contributed by atoms with Gasteiger partial charge in [0.05, 0.1) is 6.61 Å². The molecular weight excluding hydrogens is 234 g/mol. The Kier molecular flexibility index (Phi) is 4.45. The largest absolute Gasteiger partial charge is 0.494 e. The summed E-state index contributed by atoms with van der Waals surface area (Å²) in [6.07, 6.45) is 0. The minimum Gasteiger partial charge on any atom is -0.494 e. The van der Waals surface area contributed by atoms with Crippen LogP contribution in [-0.4, -0.2) is 6.61 Å². The van der Waals surface area contributed by atoms with Crippen LogP contribution in [0.2, 0.25) is 0 Å². The molecule has 1 N–H and O–H groups in total. The van der Waals surface area contributed by atoms with Gasteiger partial charge in [-0.15, -0.1) is 0 Å². The molecule has 2 rings (SSSR count). The van der Waals surface area contributed by atoms with Gasteiger partial charge >= 0.3 is 0 Å². The van der Waals surface area contributed by atoms with Gasteiger partial charge in [0.25, 0.3) is 0 Å². The van der Waals surface area contributed by atoms with Crippen molar-refractivity contribution in [2.24, 2.45) is 0 Å². The average molecular weight is 255 g/mol. The third-order valence-corrected chi connectivity index (χ3v) is 3.21. The Balaban J connectivity index is 2.07. The van der Waals surface area contributed by atoms with Crippen molar-refractivity contribution in [3.05, 3.63) is 59.7 Å². The molecule has 100 valence electrons. The standard InChI is InChI=1S/C17H21NO/c1-4-19-16-11-9-15(10-12-16)14(3)18-17-8-6-5-7-13(17)2/h5-12,14,18H,4H2,1-3H3. The van der Waals surface area contributed by atoms with Crippen LogP contribution in [0.1, 0.15) is 31.0 Å². The molecule has 2 nitrogen and oxygen atoms in total. The summed E-state index contributed by atoms with van der Waals surface area (Å²) in [7, 11) is 0. The van der Waals surface area contributed by atoms with E-state index in [9.17, 15) is 0 Å². The molecule has 2 aromatic carbocycles. The molecule has 0 saturated carbocycles. The molecule has 2 heteroatoms. The fraction of sp³-hybridized carbons (Fsp3) is 0.294. The van der Waals surface area contributed by atoms with Gasteiger partial charge in [-0.2, -0.15) is 0 Å². The Morgan fingerprint density at radius 3 is 2.37 bits per heavy atom. The second kappa shape index (κ2) is 6.28. The van der Waals surface area contributed by atoms with E-state index < -0.39 is 0 Å². The lowest BCUT2D eigenvalue weighted by molar-refractivity contribution is 0.340. The zero-order valence-electron chi connectivity index (χ0n) is 11.8. The fourth-order valence-electron chi connectivity index (χ4n) is 2.07. The Morgan fingerprint density at radius 2 is 1.74 bits per heavy atom. The number of aryl methyl sites for hydroxylation is 1. The predicted octanol–water partition coefficient (Wildman–Crippen LogP) is 4.57. The zero-order valence-corrected chi connectivity index (χ0v) is 11.8. The molecule has 0 aliphatic carbocycles. The van der Waals surface area contributed by atoms with Gasteiger partial charge in [-0.05, 0) is 50.1 Å². The first-order valence-corrected chi connectivity index (χ1v) is 6.75. The molecule has 0 heterocycles. The maximum Gasteiger partial charge on any atom is 0.119 e. The normalized spacial score (nSPS) is 11.9. The van der Waals surface area contributed by atoms with E-state index >= 15 is 0 Å². The minimum absolute atomic E-state index is 0.275. The molecule has 0 bridgehead atoms. The van der Waals surface area contributed by atoms with Gasteiger partial charge in [-0.3, -0.25) is 0 Å². The molecule has 0 fully saturated rings. The van der Waals surface area contributed by atoms with Gasteiger partial charge in [0.2, 0.25) is 0 Å². The first kappa shape index (κ1) is 13.5. The number of rotatable bonds is 5. The van der Waals surface area contributed by atoms with Gasteiger partial charge in [0.15, 0.2) is 0 Å². The van der Waals surface area contributed by atoms with E-state index in [1.54, 1.807) is 0 Å². The lowest BCUT2D eigenvalue weighted by atomic mass is 10.1. The molecule has 0 amide bonds. The molecular formula is C17H21NO. The van der Waals surface area contributed by atoms with Gasteiger partial charge in [0.1, 0.15) is 5.75 Å². The van der Waals surface area contributed by atoms with Gasteiger partial charge in [-0.1, -0.05) is 30.3 Å². The van der Waals surface area contributed by atoms with E-state index in [1.165, 1.54) is 16.8 Å². The van der Waals surface area contributed by atoms with Crippen molar-refractivity contribution in [3.63, 3.8) is 0 Å². The summed E-state index contributed by atoms with van der Waals surface area (Å²) in [5.74, 6) is 0.925. The lowest BCUT2D eigenvalue weighted by Gasteiger charge is -2.17. The van der Waals surface area contributed by atoms with E-state index in [1.807, 2.05) is 19.1 Å². The predicted molar refractivity (Wildman–Crippen MR) is 80.8 cm³/mol. The molecule has 0 aliphatic heterocycles. The monoisotopic (exact) mass is 255 g/mol. The summed E-state index contributed by atoms with van der Waals surface area (Å²) >= 11 is 0. The topological polar surface area (TPSA) is 21.3 Å². The van der Waals surface area contributed by atoms with Crippen molar-refractivity contribution in [2.75, 3.05) is 11.9 Å². The average Bonchev–Trinajstić information content (AvgIpc) is 2.42. The summed E-state index contributed by atoms with van der Waals surface area (Å²) in [4.78, 5) is 0. The van der Waals surface area contributed by atoms with Crippen LogP contribution in [0.4, 0.5) is 5.69 Å². The number of para-hydroxylation sites is 1. The molecule has 19 heavy (non-hydrogen) atoms. The first-order chi connectivity index (χ1) is 9.20. The van der Waals surface area contributed by atoms with Crippen LogP contribution in [0, 0.1) is 6.92 Å². The molecule has 0 aliphatic rings. The summed E-state index contributed by atoms with van der Waals surface area (Å²) in [5, 5.41) is 3.54. The summed E-state index contributed by atoms with van der Waals surface area (Å²) in [6.45, 7) is 6.99. The molecule has 0 aromatic heterocycles. The van der Waals surface area contributed by atoms with Crippen molar-refractivity contribution < 1.29 is 4.74 Å². The highest BCUT2D eigenvalue weighted by atomic mass is 16.5. The van der Waals surface area contributed by atoms with E-state index in [0.29, 0.717) is 6.61 Å². The Labute approximate surface area is 115 Å². The molecule has 0 radical (unpaired) electrons. The highest BCUT2D eigenvalue weighted by molar-refractivity contribution is 5.51. The van der Waals surface area contributed by atoms with E-state index in [-0.39, 0.29) is 6.04 Å².